The molecule has 1 saturated heterocycles. The normalized spacial score (nSPS) is 31.2. The molecule has 0 amide bonds. The van der Waals surface area contributed by atoms with Crippen LogP contribution in [0.4, 0.5) is 0 Å². The molecule has 1 aliphatic rings. The average Bonchev–Trinajstić information content (AvgIpc) is 2.73. The summed E-state index contributed by atoms with van der Waals surface area (Å²) in [6.45, 7) is -0.0136. The van der Waals surface area contributed by atoms with Crippen LogP contribution < -0.4 is 11.2 Å². The van der Waals surface area contributed by atoms with Crippen molar-refractivity contribution in [3.63, 3.8) is 0 Å². The third-order valence-corrected chi connectivity index (χ3v) is 7.48. The number of hydrogen-bond donors (Lipinski definition) is 7. The Hall–Kier alpha value is -1.03. The average molecular weight is 498 g/mol. The number of nitrogens with zero attached hydrogens (tertiary/aromatic N) is 1. The van der Waals surface area contributed by atoms with Gasteiger partial charge in [0.2, 0.25) is 0 Å². The molecule has 6 atom stereocenters. The number of aliphatic hydroxyl groups excluding tert-OH is 1. The maximum absolute atomic E-state index is 11.9. The Morgan fingerprint density at radius 1 is 1.17 bits per heavy atom. The first-order valence-corrected chi connectivity index (χ1v) is 12.1. The molecule has 0 radical (unpaired) electrons. The highest BCUT2D eigenvalue weighted by molar-refractivity contribution is 7.66. The summed E-state index contributed by atoms with van der Waals surface area (Å²) < 4.78 is 50.9. The Morgan fingerprint density at radius 2 is 1.77 bits per heavy atom. The van der Waals surface area contributed by atoms with E-state index >= 15 is 0 Å². The molecule has 1 aromatic rings. The Balaban J connectivity index is 2.13. The minimum atomic E-state index is -5.74. The van der Waals surface area contributed by atoms with Crippen molar-refractivity contribution < 1.29 is 61.4 Å². The fourth-order valence-corrected chi connectivity index (χ4v) is 5.49. The van der Waals surface area contributed by atoms with Crippen LogP contribution in [0, 0.1) is 0 Å². The van der Waals surface area contributed by atoms with Gasteiger partial charge in [-0.3, -0.25) is 18.9 Å². The van der Waals surface area contributed by atoms with Gasteiger partial charge in [-0.15, -0.1) is 0 Å². The van der Waals surface area contributed by atoms with E-state index in [0.717, 1.165) is 23.8 Å². The van der Waals surface area contributed by atoms with E-state index < -0.39 is 65.4 Å². The van der Waals surface area contributed by atoms with Gasteiger partial charge in [-0.25, -0.2) is 18.5 Å². The lowest BCUT2D eigenvalue weighted by Crippen LogP contribution is -2.46. The molecule has 2 heterocycles. The zero-order chi connectivity index (χ0) is 23.1. The molecule has 172 valence electrons. The first kappa shape index (κ1) is 25.2. The van der Waals surface area contributed by atoms with Crippen LogP contribution in [-0.2, 0) is 31.6 Å². The van der Waals surface area contributed by atoms with Crippen molar-refractivity contribution in [3.05, 3.63) is 33.1 Å². The molecule has 7 N–H and O–H groups in total. The van der Waals surface area contributed by atoms with Crippen LogP contribution in [0.3, 0.4) is 0 Å². The van der Waals surface area contributed by atoms with Gasteiger partial charge < -0.3 is 34.5 Å². The van der Waals surface area contributed by atoms with Crippen LogP contribution in [0.15, 0.2) is 21.9 Å². The molecule has 0 aliphatic carbocycles. The van der Waals surface area contributed by atoms with Crippen molar-refractivity contribution in [3.8, 4) is 0 Å². The van der Waals surface area contributed by atoms with Crippen LogP contribution in [0.2, 0.25) is 0 Å². The molecule has 0 saturated carbocycles. The molecule has 1 aromatic heterocycles. The summed E-state index contributed by atoms with van der Waals surface area (Å²) in [6, 6.07) is 0.923. The number of aliphatic hydroxyl groups is 2. The summed E-state index contributed by atoms with van der Waals surface area (Å²) >= 11 is 0. The molecule has 20 heteroatoms. The predicted molar refractivity (Wildman–Crippen MR) is 91.7 cm³/mol. The summed E-state index contributed by atoms with van der Waals surface area (Å²) in [5.74, 6) is 0. The van der Waals surface area contributed by atoms with Gasteiger partial charge in [-0.2, -0.15) is 8.62 Å². The molecule has 1 fully saturated rings. The highest BCUT2D eigenvalue weighted by atomic mass is 31.3. The lowest BCUT2D eigenvalue weighted by atomic mass is 9.96. The molecule has 0 spiro atoms. The van der Waals surface area contributed by atoms with E-state index in [2.05, 4.69) is 13.1 Å². The molecule has 30 heavy (non-hydrogen) atoms. The second-order valence-electron chi connectivity index (χ2n) is 6.10. The molecule has 2 rings (SSSR count). The minimum Gasteiger partial charge on any atom is -0.387 e. The van der Waals surface area contributed by atoms with E-state index in [1.54, 1.807) is 0 Å². The van der Waals surface area contributed by atoms with Crippen molar-refractivity contribution in [1.82, 2.24) is 9.55 Å². The van der Waals surface area contributed by atoms with E-state index in [-0.39, 0.29) is 0 Å². The third-order valence-electron chi connectivity index (χ3n) is 3.68. The Kier molecular flexibility index (Phi) is 7.14. The predicted octanol–water partition coefficient (Wildman–Crippen LogP) is -2.11. The van der Waals surface area contributed by atoms with Crippen molar-refractivity contribution in [2.75, 3.05) is 6.61 Å². The highest BCUT2D eigenvalue weighted by Crippen LogP contribution is 2.66. The third kappa shape index (κ3) is 6.24. The number of nitrogens with one attached hydrogen (secondary N) is 1. The smallest absolute Gasteiger partial charge is 0.387 e. The van der Waals surface area contributed by atoms with E-state index in [9.17, 15) is 38.4 Å². The van der Waals surface area contributed by atoms with Crippen LogP contribution in [0.5, 0.6) is 0 Å². The van der Waals surface area contributed by atoms with Crippen molar-refractivity contribution in [1.29, 1.82) is 0 Å². The Bertz CT molecular complexity index is 1040. The first-order chi connectivity index (χ1) is 13.4. The number of hydrogen-bond acceptors (Lipinski definition) is 11. The van der Waals surface area contributed by atoms with Gasteiger partial charge in [0.15, 0.2) is 6.23 Å². The maximum atomic E-state index is 11.9. The van der Waals surface area contributed by atoms with Gasteiger partial charge in [0, 0.05) is 12.3 Å². The number of ether oxygens (including phenoxy) is 1. The van der Waals surface area contributed by atoms with Gasteiger partial charge >= 0.3 is 29.2 Å². The summed E-state index contributed by atoms with van der Waals surface area (Å²) in [7, 11) is -16.8. The van der Waals surface area contributed by atoms with Gasteiger partial charge in [0.25, 0.3) is 5.56 Å². The molecule has 3 unspecified atom stereocenters. The molecule has 0 bridgehead atoms. The van der Waals surface area contributed by atoms with Gasteiger partial charge in [-0.1, -0.05) is 0 Å². The second kappa shape index (κ2) is 8.48. The number of aromatic nitrogens is 2. The van der Waals surface area contributed by atoms with Crippen LogP contribution >= 0.6 is 23.5 Å². The molecule has 1 aliphatic heterocycles. The van der Waals surface area contributed by atoms with Gasteiger partial charge in [-0.05, 0) is 6.92 Å². The SMILES string of the molecule is C[C@]1(O)C(O)[C@@H](COP(=O)(O)OP(=O)(O)OP(=O)(O)O)O[C@H]1n1ccc(=O)[nH]c1=O. The van der Waals surface area contributed by atoms with Crippen molar-refractivity contribution in [2.24, 2.45) is 0 Å². The number of H-pyrrole nitrogens is 1. The number of phosphoric acid groups is 3. The monoisotopic (exact) mass is 498 g/mol. The van der Waals surface area contributed by atoms with E-state index in [0.29, 0.717) is 0 Å². The van der Waals surface area contributed by atoms with Crippen LogP contribution in [0.25, 0.3) is 0 Å². The summed E-state index contributed by atoms with van der Waals surface area (Å²) in [5.41, 5.74) is -3.93. The largest absolute Gasteiger partial charge is 0.490 e. The number of aromatic amines is 1. The van der Waals surface area contributed by atoms with Crippen LogP contribution in [0.1, 0.15) is 13.2 Å². The molecular weight excluding hydrogens is 481 g/mol. The number of rotatable bonds is 8. The zero-order valence-corrected chi connectivity index (χ0v) is 17.4. The van der Waals surface area contributed by atoms with Crippen molar-refractivity contribution >= 4 is 23.5 Å². The van der Waals surface area contributed by atoms with Gasteiger partial charge in [0.05, 0.1) is 6.61 Å². The first-order valence-electron chi connectivity index (χ1n) is 7.59. The second-order valence-corrected chi connectivity index (χ2v) is 10.5. The van der Waals surface area contributed by atoms with E-state index in [1.165, 1.54) is 0 Å². The van der Waals surface area contributed by atoms with Gasteiger partial charge in [0.1, 0.15) is 17.8 Å². The zero-order valence-electron chi connectivity index (χ0n) is 14.7. The fourth-order valence-electron chi connectivity index (χ4n) is 2.46. The number of phosphoric ester groups is 1. The lowest BCUT2D eigenvalue weighted by molar-refractivity contribution is -0.0986. The van der Waals surface area contributed by atoms with Crippen LogP contribution in [-0.4, -0.2) is 63.8 Å². The lowest BCUT2D eigenvalue weighted by Gasteiger charge is -2.27. The summed E-state index contributed by atoms with van der Waals surface area (Å²) in [4.78, 5) is 60.3. The maximum Gasteiger partial charge on any atom is 0.490 e. The summed E-state index contributed by atoms with van der Waals surface area (Å²) in [5, 5.41) is 20.6. The quantitative estimate of drug-likeness (QED) is 0.189. The Labute approximate surface area is 165 Å². The molecule has 17 nitrogen and oxygen atoms in total. The topological polar surface area (TPSA) is 264 Å². The minimum absolute atomic E-state index is 0.718. The summed E-state index contributed by atoms with van der Waals surface area (Å²) in [6.07, 6.45) is -4.08. The standard InChI is InChI=1S/C10H17N2O15P3/c1-10(16)7(14)5(25-8(10)12-3-2-6(13)11-9(12)15)4-24-29(20,21)27-30(22,23)26-28(17,18)19/h2-3,5,7-8,14,16H,4H2,1H3,(H,20,21)(H,22,23)(H,11,13,15)(H2,17,18,19)/t5-,7?,8-,10+/m1/s1. The molecular formula is C10H17N2O15P3. The van der Waals surface area contributed by atoms with E-state index in [1.807, 2.05) is 4.98 Å². The van der Waals surface area contributed by atoms with E-state index in [4.69, 9.17) is 19.4 Å². The molecule has 0 aromatic carbocycles. The fraction of sp³-hybridized carbons (Fsp3) is 0.600. The highest BCUT2D eigenvalue weighted by Gasteiger charge is 2.54. The van der Waals surface area contributed by atoms with Crippen molar-refractivity contribution in [2.45, 2.75) is 31.0 Å². The Morgan fingerprint density at radius 3 is 2.30 bits per heavy atom.